The van der Waals surface area contributed by atoms with E-state index in [4.69, 9.17) is 5.11 Å². The van der Waals surface area contributed by atoms with E-state index in [0.29, 0.717) is 6.04 Å². The predicted octanol–water partition coefficient (Wildman–Crippen LogP) is 1.27. The van der Waals surface area contributed by atoms with Crippen molar-refractivity contribution in [3.63, 3.8) is 0 Å². The molecule has 0 spiro atoms. The fourth-order valence-electron chi connectivity index (χ4n) is 1.01. The van der Waals surface area contributed by atoms with Crippen LogP contribution in [0.25, 0.3) is 0 Å². The van der Waals surface area contributed by atoms with Crippen molar-refractivity contribution in [2.75, 3.05) is 19.7 Å². The molecular weight excluding hydrogens is 138 g/mol. The van der Waals surface area contributed by atoms with Crippen molar-refractivity contribution >= 4 is 0 Å². The average molecular weight is 157 g/mol. The lowest BCUT2D eigenvalue weighted by molar-refractivity contribution is 0.168. The topological polar surface area (TPSA) is 23.5 Å². The van der Waals surface area contributed by atoms with Gasteiger partial charge in [0.15, 0.2) is 0 Å². The van der Waals surface area contributed by atoms with Gasteiger partial charge in [0.2, 0.25) is 0 Å². The van der Waals surface area contributed by atoms with Crippen molar-refractivity contribution in [3.8, 4) is 0 Å². The normalized spacial score (nSPS) is 11.0. The largest absolute Gasteiger partial charge is 0.395 e. The fourth-order valence-corrected chi connectivity index (χ4v) is 1.01. The summed E-state index contributed by atoms with van der Waals surface area (Å²) in [6.07, 6.45) is 2.91. The summed E-state index contributed by atoms with van der Waals surface area (Å²) in [6.45, 7) is 9.95. The number of rotatable bonds is 6. The van der Waals surface area contributed by atoms with Crippen LogP contribution in [-0.4, -0.2) is 35.7 Å². The van der Waals surface area contributed by atoms with Gasteiger partial charge in [-0.3, -0.25) is 4.90 Å². The Hall–Kier alpha value is -0.340. The Morgan fingerprint density at radius 3 is 2.45 bits per heavy atom. The highest BCUT2D eigenvalue weighted by molar-refractivity contribution is 4.71. The molecule has 0 bridgehead atoms. The third-order valence-electron chi connectivity index (χ3n) is 1.74. The van der Waals surface area contributed by atoms with Crippen molar-refractivity contribution in [3.05, 3.63) is 12.7 Å². The van der Waals surface area contributed by atoms with Crippen molar-refractivity contribution in [1.82, 2.24) is 4.90 Å². The first kappa shape index (κ1) is 10.7. The Labute approximate surface area is 69.5 Å². The zero-order chi connectivity index (χ0) is 8.69. The third-order valence-corrected chi connectivity index (χ3v) is 1.74. The van der Waals surface area contributed by atoms with Gasteiger partial charge in [0.1, 0.15) is 0 Å². The van der Waals surface area contributed by atoms with E-state index in [0.717, 1.165) is 19.5 Å². The SMILES string of the molecule is C=CCCN(CCO)C(C)C. The molecule has 2 heteroatoms. The van der Waals surface area contributed by atoms with E-state index in [-0.39, 0.29) is 6.61 Å². The van der Waals surface area contributed by atoms with Gasteiger partial charge in [-0.15, -0.1) is 6.58 Å². The second kappa shape index (κ2) is 6.38. The molecule has 0 aromatic rings. The Morgan fingerprint density at radius 2 is 2.09 bits per heavy atom. The molecule has 0 aliphatic carbocycles. The Bertz CT molecular complexity index is 102. The van der Waals surface area contributed by atoms with Crippen LogP contribution in [0.1, 0.15) is 20.3 Å². The summed E-state index contributed by atoms with van der Waals surface area (Å²) >= 11 is 0. The van der Waals surface area contributed by atoms with E-state index >= 15 is 0 Å². The van der Waals surface area contributed by atoms with Gasteiger partial charge in [0.25, 0.3) is 0 Å². The standard InChI is InChI=1S/C9H19NO/c1-4-5-6-10(7-8-11)9(2)3/h4,9,11H,1,5-8H2,2-3H3. The van der Waals surface area contributed by atoms with Gasteiger partial charge in [0, 0.05) is 19.1 Å². The van der Waals surface area contributed by atoms with Gasteiger partial charge in [-0.25, -0.2) is 0 Å². The zero-order valence-electron chi connectivity index (χ0n) is 7.58. The van der Waals surface area contributed by atoms with E-state index in [9.17, 15) is 0 Å². The smallest absolute Gasteiger partial charge is 0.0558 e. The molecule has 0 saturated heterocycles. The molecule has 0 heterocycles. The Morgan fingerprint density at radius 1 is 1.45 bits per heavy atom. The van der Waals surface area contributed by atoms with Crippen molar-refractivity contribution in [2.24, 2.45) is 0 Å². The quantitative estimate of drug-likeness (QED) is 0.587. The Kier molecular flexibility index (Phi) is 6.18. The monoisotopic (exact) mass is 157 g/mol. The number of nitrogens with zero attached hydrogens (tertiary/aromatic N) is 1. The van der Waals surface area contributed by atoms with E-state index < -0.39 is 0 Å². The molecule has 66 valence electrons. The summed E-state index contributed by atoms with van der Waals surface area (Å²) < 4.78 is 0. The van der Waals surface area contributed by atoms with E-state index in [1.807, 2.05) is 6.08 Å². The van der Waals surface area contributed by atoms with Crippen LogP contribution in [0, 0.1) is 0 Å². The first-order chi connectivity index (χ1) is 5.22. The number of hydrogen-bond acceptors (Lipinski definition) is 2. The van der Waals surface area contributed by atoms with E-state index in [1.54, 1.807) is 0 Å². The summed E-state index contributed by atoms with van der Waals surface area (Å²) in [5, 5.41) is 8.72. The number of aliphatic hydroxyl groups excluding tert-OH is 1. The molecule has 0 amide bonds. The van der Waals surface area contributed by atoms with Crippen LogP contribution < -0.4 is 0 Å². The predicted molar refractivity (Wildman–Crippen MR) is 48.6 cm³/mol. The van der Waals surface area contributed by atoms with Gasteiger partial charge in [-0.1, -0.05) is 6.08 Å². The summed E-state index contributed by atoms with van der Waals surface area (Å²) in [7, 11) is 0. The number of hydrogen-bond donors (Lipinski definition) is 1. The minimum Gasteiger partial charge on any atom is -0.395 e. The first-order valence-electron chi connectivity index (χ1n) is 4.18. The van der Waals surface area contributed by atoms with E-state index in [1.165, 1.54) is 0 Å². The van der Waals surface area contributed by atoms with E-state index in [2.05, 4.69) is 25.3 Å². The van der Waals surface area contributed by atoms with Crippen molar-refractivity contribution in [2.45, 2.75) is 26.3 Å². The highest BCUT2D eigenvalue weighted by atomic mass is 16.3. The lowest BCUT2D eigenvalue weighted by Gasteiger charge is -2.24. The molecule has 0 radical (unpaired) electrons. The van der Waals surface area contributed by atoms with Crippen LogP contribution in [0.15, 0.2) is 12.7 Å². The molecule has 0 unspecified atom stereocenters. The second-order valence-corrected chi connectivity index (χ2v) is 2.93. The molecule has 0 aliphatic heterocycles. The maximum atomic E-state index is 8.72. The van der Waals surface area contributed by atoms with Gasteiger partial charge in [0.05, 0.1) is 6.61 Å². The van der Waals surface area contributed by atoms with Crippen molar-refractivity contribution in [1.29, 1.82) is 0 Å². The lowest BCUT2D eigenvalue weighted by Crippen LogP contribution is -2.34. The molecule has 0 aromatic heterocycles. The maximum Gasteiger partial charge on any atom is 0.0558 e. The molecular formula is C9H19NO. The summed E-state index contributed by atoms with van der Waals surface area (Å²) in [5.74, 6) is 0. The molecule has 0 aliphatic rings. The van der Waals surface area contributed by atoms with Crippen LogP contribution in [0.4, 0.5) is 0 Å². The minimum absolute atomic E-state index is 0.245. The molecule has 0 saturated carbocycles. The summed E-state index contributed by atoms with van der Waals surface area (Å²) in [5.41, 5.74) is 0. The molecule has 11 heavy (non-hydrogen) atoms. The van der Waals surface area contributed by atoms with Crippen LogP contribution >= 0.6 is 0 Å². The van der Waals surface area contributed by atoms with Crippen LogP contribution in [0.2, 0.25) is 0 Å². The number of aliphatic hydroxyl groups is 1. The van der Waals surface area contributed by atoms with Crippen LogP contribution in [-0.2, 0) is 0 Å². The molecule has 2 nitrogen and oxygen atoms in total. The third kappa shape index (κ3) is 4.99. The minimum atomic E-state index is 0.245. The highest BCUT2D eigenvalue weighted by Crippen LogP contribution is 1.98. The van der Waals surface area contributed by atoms with Gasteiger partial charge in [-0.05, 0) is 20.3 Å². The van der Waals surface area contributed by atoms with Crippen LogP contribution in [0.5, 0.6) is 0 Å². The molecule has 0 atom stereocenters. The van der Waals surface area contributed by atoms with Gasteiger partial charge in [-0.2, -0.15) is 0 Å². The molecule has 1 N–H and O–H groups in total. The molecule has 0 rings (SSSR count). The zero-order valence-corrected chi connectivity index (χ0v) is 7.58. The molecule has 0 fully saturated rings. The summed E-state index contributed by atoms with van der Waals surface area (Å²) in [4.78, 5) is 2.24. The summed E-state index contributed by atoms with van der Waals surface area (Å²) in [6, 6.07) is 0.516. The fraction of sp³-hybridized carbons (Fsp3) is 0.778. The molecule has 0 aromatic carbocycles. The lowest BCUT2D eigenvalue weighted by atomic mass is 10.3. The first-order valence-corrected chi connectivity index (χ1v) is 4.18. The maximum absolute atomic E-state index is 8.72. The van der Waals surface area contributed by atoms with Crippen LogP contribution in [0.3, 0.4) is 0 Å². The second-order valence-electron chi connectivity index (χ2n) is 2.93. The van der Waals surface area contributed by atoms with Crippen molar-refractivity contribution < 1.29 is 5.11 Å². The van der Waals surface area contributed by atoms with Gasteiger partial charge < -0.3 is 5.11 Å². The highest BCUT2D eigenvalue weighted by Gasteiger charge is 2.05. The van der Waals surface area contributed by atoms with Gasteiger partial charge >= 0.3 is 0 Å². The average Bonchev–Trinajstić information content (AvgIpc) is 1.97. The Balaban J connectivity index is 3.59.